The van der Waals surface area contributed by atoms with Crippen molar-refractivity contribution in [3.63, 3.8) is 0 Å². The van der Waals surface area contributed by atoms with Crippen molar-refractivity contribution in [1.82, 2.24) is 10.2 Å². The quantitative estimate of drug-likeness (QED) is 0.367. The maximum atomic E-state index is 14.0. The van der Waals surface area contributed by atoms with Crippen LogP contribution in [0.2, 0.25) is 0 Å². The molecule has 2 N–H and O–H groups in total. The molecule has 5 atom stereocenters. The predicted molar refractivity (Wildman–Crippen MR) is 157 cm³/mol. The SMILES string of the molecule is C[C@H](OCc1ccccc1)[C@@H](NC(=O)OCC1c2ccccc2-c2ccccc21)C(=O)N1CC2CCCC2C1C(=O)O. The van der Waals surface area contributed by atoms with Crippen LogP contribution in [0.1, 0.15) is 48.8 Å². The third kappa shape index (κ3) is 5.39. The maximum absolute atomic E-state index is 14.0. The van der Waals surface area contributed by atoms with Gasteiger partial charge < -0.3 is 24.8 Å². The molecule has 8 nitrogen and oxygen atoms in total. The lowest BCUT2D eigenvalue weighted by molar-refractivity contribution is -0.152. The fourth-order valence-corrected chi connectivity index (χ4v) is 7.07. The molecule has 2 amide bonds. The Bertz CT molecular complexity index is 1410. The van der Waals surface area contributed by atoms with E-state index in [9.17, 15) is 19.5 Å². The van der Waals surface area contributed by atoms with E-state index in [1.807, 2.05) is 66.7 Å². The molecule has 0 aromatic heterocycles. The fourth-order valence-electron chi connectivity index (χ4n) is 7.07. The predicted octanol–water partition coefficient (Wildman–Crippen LogP) is 5.21. The lowest BCUT2D eigenvalue weighted by atomic mass is 9.94. The van der Waals surface area contributed by atoms with Gasteiger partial charge in [0.15, 0.2) is 0 Å². The minimum atomic E-state index is -1.11. The molecule has 0 radical (unpaired) electrons. The van der Waals surface area contributed by atoms with Crippen LogP contribution in [0.5, 0.6) is 0 Å². The zero-order valence-corrected chi connectivity index (χ0v) is 23.6. The van der Waals surface area contributed by atoms with Crippen molar-refractivity contribution in [2.24, 2.45) is 11.8 Å². The number of aliphatic carboxylic acids is 1. The molecule has 2 fully saturated rings. The second kappa shape index (κ2) is 12.0. The molecular formula is C34H36N2O6. The second-order valence-corrected chi connectivity index (χ2v) is 11.6. The van der Waals surface area contributed by atoms with Gasteiger partial charge in [-0.2, -0.15) is 0 Å². The van der Waals surface area contributed by atoms with Crippen LogP contribution in [0.4, 0.5) is 4.79 Å². The van der Waals surface area contributed by atoms with Gasteiger partial charge in [-0.25, -0.2) is 9.59 Å². The van der Waals surface area contributed by atoms with Crippen molar-refractivity contribution in [3.8, 4) is 11.1 Å². The topological polar surface area (TPSA) is 105 Å². The van der Waals surface area contributed by atoms with Crippen LogP contribution < -0.4 is 5.32 Å². The molecule has 0 spiro atoms. The molecular weight excluding hydrogens is 532 g/mol. The molecule has 1 saturated carbocycles. The molecule has 3 unspecified atom stereocenters. The third-order valence-electron chi connectivity index (χ3n) is 9.13. The zero-order chi connectivity index (χ0) is 29.2. The van der Waals surface area contributed by atoms with E-state index in [1.54, 1.807) is 6.92 Å². The first-order valence-corrected chi connectivity index (χ1v) is 14.7. The van der Waals surface area contributed by atoms with E-state index in [0.29, 0.717) is 6.54 Å². The highest BCUT2D eigenvalue weighted by Crippen LogP contribution is 2.45. The van der Waals surface area contributed by atoms with Crippen LogP contribution in [-0.2, 0) is 25.7 Å². The minimum Gasteiger partial charge on any atom is -0.480 e. The summed E-state index contributed by atoms with van der Waals surface area (Å²) in [4.78, 5) is 41.0. The maximum Gasteiger partial charge on any atom is 0.407 e. The Morgan fingerprint density at radius 3 is 2.24 bits per heavy atom. The average Bonchev–Trinajstić information content (AvgIpc) is 3.69. The van der Waals surface area contributed by atoms with Gasteiger partial charge in [-0.3, -0.25) is 4.79 Å². The molecule has 1 aliphatic heterocycles. The summed E-state index contributed by atoms with van der Waals surface area (Å²) >= 11 is 0. The number of carboxylic acids is 1. The van der Waals surface area contributed by atoms with Crippen LogP contribution >= 0.6 is 0 Å². The van der Waals surface area contributed by atoms with E-state index >= 15 is 0 Å². The van der Waals surface area contributed by atoms with Crippen molar-refractivity contribution >= 4 is 18.0 Å². The first-order valence-electron chi connectivity index (χ1n) is 14.7. The number of amides is 2. The summed E-state index contributed by atoms with van der Waals surface area (Å²) in [6.07, 6.45) is 1.20. The van der Waals surface area contributed by atoms with Gasteiger partial charge in [-0.1, -0.05) is 85.3 Å². The molecule has 2 aliphatic carbocycles. The number of alkyl carbamates (subject to hydrolysis) is 1. The Kier molecular flexibility index (Phi) is 7.98. The summed E-state index contributed by atoms with van der Waals surface area (Å²) in [6.45, 7) is 2.44. The summed E-state index contributed by atoms with van der Waals surface area (Å²) in [5.74, 6) is -1.49. The number of carbonyl (C=O) groups excluding carboxylic acids is 2. The molecule has 3 aliphatic rings. The number of nitrogens with zero attached hydrogens (tertiary/aromatic N) is 1. The number of hydrogen-bond acceptors (Lipinski definition) is 5. The van der Waals surface area contributed by atoms with Gasteiger partial charge in [-0.05, 0) is 59.4 Å². The third-order valence-corrected chi connectivity index (χ3v) is 9.13. The van der Waals surface area contributed by atoms with Crippen molar-refractivity contribution in [3.05, 3.63) is 95.6 Å². The number of carbonyl (C=O) groups is 3. The normalized spacial score (nSPS) is 22.1. The molecule has 3 aromatic carbocycles. The fraction of sp³-hybridized carbons (Fsp3) is 0.382. The Balaban J connectivity index is 1.19. The summed E-state index contributed by atoms with van der Waals surface area (Å²) < 4.78 is 11.8. The smallest absolute Gasteiger partial charge is 0.407 e. The van der Waals surface area contributed by atoms with Gasteiger partial charge in [-0.15, -0.1) is 0 Å². The van der Waals surface area contributed by atoms with Crippen molar-refractivity contribution in [2.45, 2.75) is 56.9 Å². The van der Waals surface area contributed by atoms with Crippen molar-refractivity contribution < 1.29 is 29.0 Å². The number of ether oxygens (including phenoxy) is 2. The van der Waals surface area contributed by atoms with E-state index in [-0.39, 0.29) is 31.0 Å². The lowest BCUT2D eigenvalue weighted by Crippen LogP contribution is -2.57. The number of rotatable bonds is 9. The molecule has 1 saturated heterocycles. The van der Waals surface area contributed by atoms with E-state index in [2.05, 4.69) is 17.4 Å². The Morgan fingerprint density at radius 1 is 0.929 bits per heavy atom. The van der Waals surface area contributed by atoms with Gasteiger partial charge in [0, 0.05) is 12.5 Å². The number of fused-ring (bicyclic) bond motifs is 4. The van der Waals surface area contributed by atoms with Crippen molar-refractivity contribution in [1.29, 1.82) is 0 Å². The number of benzene rings is 3. The number of likely N-dealkylation sites (tertiary alicyclic amines) is 1. The highest BCUT2D eigenvalue weighted by molar-refractivity contribution is 5.90. The molecule has 218 valence electrons. The highest BCUT2D eigenvalue weighted by atomic mass is 16.5. The summed E-state index contributed by atoms with van der Waals surface area (Å²) in [5.41, 5.74) is 5.35. The van der Waals surface area contributed by atoms with Crippen LogP contribution in [0.3, 0.4) is 0 Å². The van der Waals surface area contributed by atoms with E-state index in [4.69, 9.17) is 9.47 Å². The monoisotopic (exact) mass is 568 g/mol. The Hall–Kier alpha value is -4.17. The van der Waals surface area contributed by atoms with E-state index < -0.39 is 36.2 Å². The van der Waals surface area contributed by atoms with E-state index in [0.717, 1.165) is 47.1 Å². The molecule has 8 heteroatoms. The van der Waals surface area contributed by atoms with Crippen molar-refractivity contribution in [2.75, 3.05) is 13.2 Å². The van der Waals surface area contributed by atoms with Gasteiger partial charge in [0.2, 0.25) is 5.91 Å². The largest absolute Gasteiger partial charge is 0.480 e. The average molecular weight is 569 g/mol. The van der Waals surface area contributed by atoms with Gasteiger partial charge in [0.05, 0.1) is 12.7 Å². The van der Waals surface area contributed by atoms with Gasteiger partial charge in [0.25, 0.3) is 0 Å². The van der Waals surface area contributed by atoms with Crippen LogP contribution in [0.15, 0.2) is 78.9 Å². The first-order chi connectivity index (χ1) is 20.4. The summed E-state index contributed by atoms with van der Waals surface area (Å²) in [7, 11) is 0. The van der Waals surface area contributed by atoms with Crippen LogP contribution in [-0.4, -0.2) is 59.3 Å². The molecule has 6 rings (SSSR count). The second-order valence-electron chi connectivity index (χ2n) is 11.6. The van der Waals surface area contributed by atoms with Gasteiger partial charge in [0.1, 0.15) is 18.7 Å². The first kappa shape index (κ1) is 28.0. The Labute approximate surface area is 245 Å². The minimum absolute atomic E-state index is 0.0675. The lowest BCUT2D eigenvalue weighted by Gasteiger charge is -2.31. The molecule has 42 heavy (non-hydrogen) atoms. The van der Waals surface area contributed by atoms with Crippen LogP contribution in [0, 0.1) is 11.8 Å². The highest BCUT2D eigenvalue weighted by Gasteiger charge is 2.51. The molecule has 3 aromatic rings. The van der Waals surface area contributed by atoms with Crippen LogP contribution in [0.25, 0.3) is 11.1 Å². The van der Waals surface area contributed by atoms with E-state index in [1.165, 1.54) is 4.90 Å². The number of carboxylic acid groups (broad SMARTS) is 1. The zero-order valence-electron chi connectivity index (χ0n) is 23.6. The molecule has 1 heterocycles. The summed E-state index contributed by atoms with van der Waals surface area (Å²) in [6, 6.07) is 23.7. The standard InChI is InChI=1S/C34H36N2O6/c1-21(41-19-22-10-3-2-4-11-22)30(32(37)36-18-23-12-9-17-24(23)31(36)33(38)39)35-34(40)42-20-29-27-15-7-5-13-25(27)26-14-6-8-16-28(26)29/h2-8,10-11,13-16,21,23-24,29-31H,9,12,17-20H2,1H3,(H,35,40)(H,38,39)/t21-,23?,24?,30+,31?/m0/s1. The Morgan fingerprint density at radius 2 is 1.57 bits per heavy atom. The number of nitrogens with one attached hydrogen (secondary N) is 1. The van der Waals surface area contributed by atoms with Gasteiger partial charge >= 0.3 is 12.1 Å². The molecule has 0 bridgehead atoms. The summed E-state index contributed by atoms with van der Waals surface area (Å²) in [5, 5.41) is 12.8. The number of hydrogen-bond donors (Lipinski definition) is 2.